The Morgan fingerprint density at radius 2 is 2.00 bits per heavy atom. The monoisotopic (exact) mass is 370 g/mol. The van der Waals surface area contributed by atoms with Crippen molar-refractivity contribution in [2.75, 3.05) is 36.5 Å². The fourth-order valence-electron chi connectivity index (χ4n) is 2.48. The SMILES string of the molecule is O=C(CSCCN1CCCCCC1)Nc1cccc(Br)c1. The van der Waals surface area contributed by atoms with Crippen LogP contribution >= 0.6 is 27.7 Å². The molecule has 1 aliphatic heterocycles. The van der Waals surface area contributed by atoms with Crippen molar-refractivity contribution in [3.05, 3.63) is 28.7 Å². The topological polar surface area (TPSA) is 32.3 Å². The lowest BCUT2D eigenvalue weighted by Crippen LogP contribution is -2.27. The highest BCUT2D eigenvalue weighted by molar-refractivity contribution is 9.10. The van der Waals surface area contributed by atoms with Gasteiger partial charge in [0.15, 0.2) is 0 Å². The number of nitrogens with zero attached hydrogens (tertiary/aromatic N) is 1. The number of likely N-dealkylation sites (tertiary alicyclic amines) is 1. The Balaban J connectivity index is 1.60. The van der Waals surface area contributed by atoms with Crippen LogP contribution in [0.2, 0.25) is 0 Å². The molecule has 0 aliphatic carbocycles. The second-order valence-electron chi connectivity index (χ2n) is 5.37. The average molecular weight is 371 g/mol. The van der Waals surface area contributed by atoms with E-state index in [4.69, 9.17) is 0 Å². The molecule has 0 radical (unpaired) electrons. The summed E-state index contributed by atoms with van der Waals surface area (Å²) in [5.41, 5.74) is 0.850. The molecule has 3 nitrogen and oxygen atoms in total. The Morgan fingerprint density at radius 3 is 2.71 bits per heavy atom. The molecule has 5 heteroatoms. The number of rotatable bonds is 6. The van der Waals surface area contributed by atoms with Crippen molar-refractivity contribution < 1.29 is 4.79 Å². The third-order valence-electron chi connectivity index (χ3n) is 3.59. The molecule has 1 aromatic carbocycles. The van der Waals surface area contributed by atoms with E-state index in [-0.39, 0.29) is 5.91 Å². The van der Waals surface area contributed by atoms with Gasteiger partial charge in [-0.25, -0.2) is 0 Å². The normalized spacial score (nSPS) is 16.4. The second-order valence-corrected chi connectivity index (χ2v) is 7.39. The van der Waals surface area contributed by atoms with E-state index >= 15 is 0 Å². The predicted octanol–water partition coefficient (Wildman–Crippen LogP) is 4.00. The van der Waals surface area contributed by atoms with Gasteiger partial charge in [0.05, 0.1) is 5.75 Å². The summed E-state index contributed by atoms with van der Waals surface area (Å²) in [6.45, 7) is 3.56. The molecule has 1 amide bonds. The maximum Gasteiger partial charge on any atom is 0.234 e. The maximum absolute atomic E-state index is 11.9. The molecule has 2 rings (SSSR count). The van der Waals surface area contributed by atoms with E-state index < -0.39 is 0 Å². The van der Waals surface area contributed by atoms with Crippen molar-refractivity contribution in [2.24, 2.45) is 0 Å². The molecule has 1 N–H and O–H groups in total. The third-order valence-corrected chi connectivity index (χ3v) is 5.02. The molecule has 0 aromatic heterocycles. The van der Waals surface area contributed by atoms with Crippen LogP contribution in [-0.2, 0) is 4.79 Å². The van der Waals surface area contributed by atoms with Crippen LogP contribution in [-0.4, -0.2) is 41.9 Å². The number of carbonyl (C=O) groups excluding carboxylic acids is 1. The minimum atomic E-state index is 0.0777. The molecular formula is C16H23BrN2OS. The number of anilines is 1. The van der Waals surface area contributed by atoms with Crippen molar-refractivity contribution in [3.8, 4) is 0 Å². The summed E-state index contributed by atoms with van der Waals surface area (Å²) in [7, 11) is 0. The Morgan fingerprint density at radius 1 is 1.24 bits per heavy atom. The zero-order chi connectivity index (χ0) is 14.9. The van der Waals surface area contributed by atoms with Crippen molar-refractivity contribution in [2.45, 2.75) is 25.7 Å². The largest absolute Gasteiger partial charge is 0.325 e. The maximum atomic E-state index is 11.9. The minimum absolute atomic E-state index is 0.0777. The molecule has 0 spiro atoms. The highest BCUT2D eigenvalue weighted by Gasteiger charge is 2.09. The Bertz CT molecular complexity index is 448. The van der Waals surface area contributed by atoms with Gasteiger partial charge in [0.2, 0.25) is 5.91 Å². The fraction of sp³-hybridized carbons (Fsp3) is 0.562. The number of halogens is 1. The van der Waals surface area contributed by atoms with Crippen LogP contribution in [0.15, 0.2) is 28.7 Å². The van der Waals surface area contributed by atoms with Gasteiger partial charge in [-0.2, -0.15) is 11.8 Å². The Kier molecular flexibility index (Phi) is 7.61. The lowest BCUT2D eigenvalue weighted by molar-refractivity contribution is -0.113. The molecule has 1 saturated heterocycles. The van der Waals surface area contributed by atoms with E-state index in [9.17, 15) is 4.79 Å². The van der Waals surface area contributed by atoms with Gasteiger partial charge in [0, 0.05) is 22.5 Å². The summed E-state index contributed by atoms with van der Waals surface area (Å²) in [5, 5.41) is 2.93. The van der Waals surface area contributed by atoms with E-state index in [1.165, 1.54) is 38.8 Å². The molecule has 1 fully saturated rings. The fourth-order valence-corrected chi connectivity index (χ4v) is 3.67. The number of hydrogen-bond donors (Lipinski definition) is 1. The molecule has 21 heavy (non-hydrogen) atoms. The molecule has 1 aromatic rings. The van der Waals surface area contributed by atoms with E-state index in [0.29, 0.717) is 5.75 Å². The van der Waals surface area contributed by atoms with Crippen LogP contribution in [0.5, 0.6) is 0 Å². The quantitative estimate of drug-likeness (QED) is 0.768. The molecular weight excluding hydrogens is 348 g/mol. The van der Waals surface area contributed by atoms with Crippen LogP contribution in [0.3, 0.4) is 0 Å². The lowest BCUT2D eigenvalue weighted by Gasteiger charge is -2.19. The Labute approximate surface area is 140 Å². The lowest BCUT2D eigenvalue weighted by atomic mass is 10.2. The number of benzene rings is 1. The standard InChI is InChI=1S/C16H23BrN2OS/c17-14-6-5-7-15(12-14)18-16(20)13-21-11-10-19-8-3-1-2-4-9-19/h5-7,12H,1-4,8-11,13H2,(H,18,20). The van der Waals surface area contributed by atoms with Crippen molar-refractivity contribution in [1.29, 1.82) is 0 Å². The molecule has 116 valence electrons. The van der Waals surface area contributed by atoms with Crippen LogP contribution < -0.4 is 5.32 Å². The number of hydrogen-bond acceptors (Lipinski definition) is 3. The highest BCUT2D eigenvalue weighted by Crippen LogP contribution is 2.16. The van der Waals surface area contributed by atoms with Gasteiger partial charge in [-0.15, -0.1) is 0 Å². The zero-order valence-corrected chi connectivity index (χ0v) is 14.7. The van der Waals surface area contributed by atoms with Gasteiger partial charge in [-0.05, 0) is 44.1 Å². The van der Waals surface area contributed by atoms with Gasteiger partial charge < -0.3 is 10.2 Å². The summed E-state index contributed by atoms with van der Waals surface area (Å²) in [5.74, 6) is 1.64. The van der Waals surface area contributed by atoms with Crippen LogP contribution in [0.25, 0.3) is 0 Å². The zero-order valence-electron chi connectivity index (χ0n) is 12.3. The predicted molar refractivity (Wildman–Crippen MR) is 95.0 cm³/mol. The highest BCUT2D eigenvalue weighted by atomic mass is 79.9. The summed E-state index contributed by atoms with van der Waals surface area (Å²) < 4.78 is 0.981. The smallest absolute Gasteiger partial charge is 0.234 e. The van der Waals surface area contributed by atoms with Crippen LogP contribution in [0.4, 0.5) is 5.69 Å². The number of carbonyl (C=O) groups is 1. The van der Waals surface area contributed by atoms with Gasteiger partial charge in [0.25, 0.3) is 0 Å². The van der Waals surface area contributed by atoms with Crippen molar-refractivity contribution in [3.63, 3.8) is 0 Å². The van der Waals surface area contributed by atoms with Gasteiger partial charge in [-0.3, -0.25) is 4.79 Å². The van der Waals surface area contributed by atoms with Gasteiger partial charge in [-0.1, -0.05) is 34.8 Å². The first-order valence-electron chi connectivity index (χ1n) is 7.59. The summed E-state index contributed by atoms with van der Waals surface area (Å²) >= 11 is 5.12. The number of amides is 1. The van der Waals surface area contributed by atoms with Gasteiger partial charge in [0.1, 0.15) is 0 Å². The summed E-state index contributed by atoms with van der Waals surface area (Å²) in [4.78, 5) is 14.4. The first-order valence-corrected chi connectivity index (χ1v) is 9.54. The van der Waals surface area contributed by atoms with E-state index in [1.54, 1.807) is 11.8 Å². The Hall–Kier alpha value is -0.520. The molecule has 0 saturated carbocycles. The first kappa shape index (κ1) is 16.8. The van der Waals surface area contributed by atoms with Crippen molar-refractivity contribution >= 4 is 39.3 Å². The number of nitrogens with one attached hydrogen (secondary N) is 1. The number of thioether (sulfide) groups is 1. The average Bonchev–Trinajstić information content (AvgIpc) is 2.72. The third kappa shape index (κ3) is 6.85. The van der Waals surface area contributed by atoms with Gasteiger partial charge >= 0.3 is 0 Å². The minimum Gasteiger partial charge on any atom is -0.325 e. The molecule has 1 heterocycles. The van der Waals surface area contributed by atoms with Crippen LogP contribution in [0.1, 0.15) is 25.7 Å². The van der Waals surface area contributed by atoms with Crippen LogP contribution in [0, 0.1) is 0 Å². The summed E-state index contributed by atoms with van der Waals surface area (Å²) in [6.07, 6.45) is 5.40. The van der Waals surface area contributed by atoms with Crippen molar-refractivity contribution in [1.82, 2.24) is 4.90 Å². The van der Waals surface area contributed by atoms with E-state index in [2.05, 4.69) is 26.1 Å². The van der Waals surface area contributed by atoms with E-state index in [1.807, 2.05) is 24.3 Å². The first-order chi connectivity index (χ1) is 10.2. The molecule has 0 bridgehead atoms. The van der Waals surface area contributed by atoms with E-state index in [0.717, 1.165) is 22.5 Å². The molecule has 0 unspecified atom stereocenters. The second kappa shape index (κ2) is 9.49. The summed E-state index contributed by atoms with van der Waals surface area (Å²) in [6, 6.07) is 7.70. The molecule has 0 atom stereocenters. The molecule has 1 aliphatic rings.